The Balaban J connectivity index is 2.25. The van der Waals surface area contributed by atoms with Gasteiger partial charge in [0, 0.05) is 17.2 Å². The lowest BCUT2D eigenvalue weighted by Gasteiger charge is -2.45. The summed E-state index contributed by atoms with van der Waals surface area (Å²) in [6.07, 6.45) is 0.178. The van der Waals surface area contributed by atoms with Gasteiger partial charge in [-0.25, -0.2) is 4.79 Å². The molecule has 0 aromatic rings. The molecule has 0 aromatic heterocycles. The van der Waals surface area contributed by atoms with Gasteiger partial charge in [-0.1, -0.05) is 12.8 Å². The molecule has 2 rings (SSSR count). The van der Waals surface area contributed by atoms with Gasteiger partial charge < -0.3 is 10.4 Å². The van der Waals surface area contributed by atoms with Gasteiger partial charge in [-0.15, -0.1) is 0 Å². The van der Waals surface area contributed by atoms with Crippen LogP contribution in [0, 0.1) is 11.8 Å². The second kappa shape index (κ2) is 7.15. The molecule has 0 aromatic carbocycles. The maximum absolute atomic E-state index is 12.8. The number of nitrogens with one attached hydrogen (secondary N) is 1. The molecule has 2 aliphatic rings. The fourth-order valence-electron chi connectivity index (χ4n) is 3.43. The van der Waals surface area contributed by atoms with Crippen LogP contribution in [0.25, 0.3) is 0 Å². The smallest absolute Gasteiger partial charge is 0.454 e. The predicted molar refractivity (Wildman–Crippen MR) is 81.1 cm³/mol. The van der Waals surface area contributed by atoms with E-state index in [0.717, 1.165) is 12.8 Å². The number of ketones is 1. The maximum atomic E-state index is 12.8. The van der Waals surface area contributed by atoms with Gasteiger partial charge in [0.1, 0.15) is 6.04 Å². The number of carbonyl (C=O) groups excluding carboxylic acids is 1. The molecule has 3 unspecified atom stereocenters. The molecule has 8 heteroatoms. The predicted octanol–water partition coefficient (Wildman–Crippen LogP) is 2.99. The van der Waals surface area contributed by atoms with Gasteiger partial charge in [0.05, 0.1) is 0 Å². The van der Waals surface area contributed by atoms with Gasteiger partial charge >= 0.3 is 12.1 Å². The van der Waals surface area contributed by atoms with Crippen LogP contribution in [0.15, 0.2) is 11.3 Å². The molecule has 2 aliphatic carbocycles. The minimum Gasteiger partial charge on any atom is -0.480 e. The molecule has 0 saturated heterocycles. The highest BCUT2D eigenvalue weighted by Crippen LogP contribution is 2.50. The molecule has 1 fully saturated rings. The minimum atomic E-state index is -4.91. The molecule has 0 spiro atoms. The summed E-state index contributed by atoms with van der Waals surface area (Å²) >= 11 is 1.47. The summed E-state index contributed by atoms with van der Waals surface area (Å²) in [5, 5.41) is 12.0. The first kappa shape index (κ1) is 18.2. The van der Waals surface area contributed by atoms with E-state index in [9.17, 15) is 27.9 Å². The standard InChI is InChI=1S/C15H20F3NO3S/c1-23-7-6-10(14(21)22)19-12-9-5-3-2-4-8(9)11(12)13(20)15(16,17)18/h8-10,19H,2-7H2,1H3,(H,21,22). The van der Waals surface area contributed by atoms with Crippen LogP contribution in [0.3, 0.4) is 0 Å². The van der Waals surface area contributed by atoms with E-state index in [4.69, 9.17) is 0 Å². The van der Waals surface area contributed by atoms with Gasteiger partial charge in [0.2, 0.25) is 0 Å². The van der Waals surface area contributed by atoms with Crippen molar-refractivity contribution in [1.29, 1.82) is 0 Å². The third-order valence-electron chi connectivity index (χ3n) is 4.54. The largest absolute Gasteiger partial charge is 0.480 e. The molecular formula is C15H20F3NO3S. The molecule has 0 amide bonds. The van der Waals surface area contributed by atoms with E-state index < -0.39 is 24.0 Å². The van der Waals surface area contributed by atoms with Crippen molar-refractivity contribution in [3.63, 3.8) is 0 Å². The van der Waals surface area contributed by atoms with E-state index in [1.807, 2.05) is 6.26 Å². The van der Waals surface area contributed by atoms with Crippen LogP contribution in [0.5, 0.6) is 0 Å². The number of hydrogen-bond acceptors (Lipinski definition) is 4. The molecule has 2 N–H and O–H groups in total. The van der Waals surface area contributed by atoms with E-state index in [1.54, 1.807) is 0 Å². The zero-order valence-corrected chi connectivity index (χ0v) is 13.6. The second-order valence-corrected chi connectivity index (χ2v) is 6.95. The highest BCUT2D eigenvalue weighted by Gasteiger charge is 2.52. The van der Waals surface area contributed by atoms with Crippen molar-refractivity contribution in [1.82, 2.24) is 5.32 Å². The molecule has 0 heterocycles. The maximum Gasteiger partial charge on any atom is 0.454 e. The Hall–Kier alpha value is -1.18. The fraction of sp³-hybridized carbons (Fsp3) is 0.733. The average molecular weight is 351 g/mol. The molecule has 4 nitrogen and oxygen atoms in total. The van der Waals surface area contributed by atoms with E-state index in [-0.39, 0.29) is 23.1 Å². The van der Waals surface area contributed by atoms with Crippen molar-refractivity contribution < 1.29 is 27.9 Å². The van der Waals surface area contributed by atoms with E-state index in [2.05, 4.69) is 5.32 Å². The van der Waals surface area contributed by atoms with Crippen molar-refractivity contribution in [2.75, 3.05) is 12.0 Å². The summed E-state index contributed by atoms with van der Waals surface area (Å²) < 4.78 is 38.5. The lowest BCUT2D eigenvalue weighted by atomic mass is 9.62. The van der Waals surface area contributed by atoms with E-state index >= 15 is 0 Å². The number of alkyl halides is 3. The summed E-state index contributed by atoms with van der Waals surface area (Å²) in [7, 11) is 0. The third-order valence-corrected chi connectivity index (χ3v) is 5.18. The number of Topliss-reactive ketones (excluding diaryl/α,β-unsaturated/α-hetero) is 1. The molecule has 3 atom stereocenters. The number of hydrogen-bond donors (Lipinski definition) is 2. The number of thioether (sulfide) groups is 1. The van der Waals surface area contributed by atoms with E-state index in [1.165, 1.54) is 11.8 Å². The molecule has 0 radical (unpaired) electrons. The van der Waals surface area contributed by atoms with Gasteiger partial charge in [-0.3, -0.25) is 4.79 Å². The Morgan fingerprint density at radius 2 is 1.91 bits per heavy atom. The Kier molecular flexibility index (Phi) is 5.65. The minimum absolute atomic E-state index is 0.138. The Labute approximate surface area is 136 Å². The SMILES string of the molecule is CSCCC(NC1=C(C(=O)C(F)(F)F)C2CCCCC12)C(=O)O. The van der Waals surface area contributed by atoms with Crippen molar-refractivity contribution in [3.8, 4) is 0 Å². The summed E-state index contributed by atoms with van der Waals surface area (Å²) in [6, 6.07) is -0.962. The number of fused-ring (bicyclic) bond motifs is 1. The first-order valence-corrected chi connectivity index (χ1v) is 9.00. The molecule has 0 bridgehead atoms. The Morgan fingerprint density at radius 3 is 2.43 bits per heavy atom. The number of halogens is 3. The Morgan fingerprint density at radius 1 is 1.30 bits per heavy atom. The first-order valence-electron chi connectivity index (χ1n) is 7.61. The van der Waals surface area contributed by atoms with Crippen LogP contribution in [0.2, 0.25) is 0 Å². The monoisotopic (exact) mass is 351 g/mol. The van der Waals surface area contributed by atoms with Crippen LogP contribution in [0.1, 0.15) is 32.1 Å². The van der Waals surface area contributed by atoms with Crippen LogP contribution in [0.4, 0.5) is 13.2 Å². The molecule has 23 heavy (non-hydrogen) atoms. The van der Waals surface area contributed by atoms with Crippen molar-refractivity contribution in [2.45, 2.75) is 44.3 Å². The summed E-state index contributed by atoms with van der Waals surface area (Å²) in [5.41, 5.74) is -0.0249. The van der Waals surface area contributed by atoms with Gasteiger partial charge in [0.25, 0.3) is 5.78 Å². The van der Waals surface area contributed by atoms with Crippen LogP contribution >= 0.6 is 11.8 Å². The van der Waals surface area contributed by atoms with Crippen LogP contribution in [-0.2, 0) is 9.59 Å². The quantitative estimate of drug-likeness (QED) is 0.738. The number of carboxylic acid groups (broad SMARTS) is 1. The zero-order valence-electron chi connectivity index (χ0n) is 12.8. The fourth-order valence-corrected chi connectivity index (χ4v) is 3.91. The number of rotatable bonds is 7. The summed E-state index contributed by atoms with van der Waals surface area (Å²) in [6.45, 7) is 0. The normalized spacial score (nSPS) is 25.4. The van der Waals surface area contributed by atoms with Crippen LogP contribution in [-0.4, -0.2) is 41.1 Å². The highest BCUT2D eigenvalue weighted by molar-refractivity contribution is 7.98. The van der Waals surface area contributed by atoms with Crippen molar-refractivity contribution >= 4 is 23.5 Å². The third kappa shape index (κ3) is 3.84. The average Bonchev–Trinajstić information content (AvgIpc) is 2.46. The molecule has 130 valence electrons. The highest BCUT2D eigenvalue weighted by atomic mass is 32.2. The molecular weight excluding hydrogens is 331 g/mol. The topological polar surface area (TPSA) is 66.4 Å². The number of carboxylic acids is 1. The molecule has 0 aliphatic heterocycles. The summed E-state index contributed by atoms with van der Waals surface area (Å²) in [5.74, 6) is -2.87. The van der Waals surface area contributed by atoms with Gasteiger partial charge in [-0.2, -0.15) is 24.9 Å². The van der Waals surface area contributed by atoms with Crippen molar-refractivity contribution in [2.24, 2.45) is 11.8 Å². The summed E-state index contributed by atoms with van der Waals surface area (Å²) in [4.78, 5) is 23.0. The van der Waals surface area contributed by atoms with Crippen molar-refractivity contribution in [3.05, 3.63) is 11.3 Å². The first-order chi connectivity index (χ1) is 10.8. The van der Waals surface area contributed by atoms with Crippen LogP contribution < -0.4 is 5.32 Å². The Bertz CT molecular complexity index is 519. The lowest BCUT2D eigenvalue weighted by Crippen LogP contribution is -2.50. The molecule has 1 saturated carbocycles. The zero-order chi connectivity index (χ0) is 17.2. The number of allylic oxidation sites excluding steroid dienone is 2. The van der Waals surface area contributed by atoms with Gasteiger partial charge in [0.15, 0.2) is 0 Å². The number of carbonyl (C=O) groups is 2. The number of aliphatic carboxylic acids is 1. The second-order valence-electron chi connectivity index (χ2n) is 5.97. The lowest BCUT2D eigenvalue weighted by molar-refractivity contribution is -0.168. The van der Waals surface area contributed by atoms with E-state index in [0.29, 0.717) is 25.0 Å². The van der Waals surface area contributed by atoms with Gasteiger partial charge in [-0.05, 0) is 37.2 Å².